The van der Waals surface area contributed by atoms with Gasteiger partial charge in [0.2, 0.25) is 5.91 Å². The summed E-state index contributed by atoms with van der Waals surface area (Å²) in [7, 11) is 1.41. The zero-order valence-corrected chi connectivity index (χ0v) is 18.6. The topological polar surface area (TPSA) is 52.7 Å². The van der Waals surface area contributed by atoms with Gasteiger partial charge in [-0.1, -0.05) is 42.5 Å². The molecular weight excluding hydrogens is 431 g/mol. The molecule has 2 aromatic carbocycles. The van der Waals surface area contributed by atoms with Crippen molar-refractivity contribution < 1.29 is 22.8 Å². The smallest absolute Gasteiger partial charge is 0.319 e. The van der Waals surface area contributed by atoms with Crippen LogP contribution in [-0.4, -0.2) is 48.4 Å². The number of imide groups is 1. The Morgan fingerprint density at radius 3 is 2.45 bits per heavy atom. The van der Waals surface area contributed by atoms with Crippen LogP contribution in [0, 0.1) is 0 Å². The van der Waals surface area contributed by atoms with Gasteiger partial charge >= 0.3 is 12.2 Å². The molecule has 0 radical (unpaired) electrons. The molecule has 2 heterocycles. The summed E-state index contributed by atoms with van der Waals surface area (Å²) in [5, 5.41) is 3.37. The van der Waals surface area contributed by atoms with Gasteiger partial charge in [-0.05, 0) is 55.1 Å². The number of nitrogens with one attached hydrogen (secondary N) is 1. The Labute approximate surface area is 191 Å². The minimum atomic E-state index is -4.48. The quantitative estimate of drug-likeness (QED) is 0.743. The number of hydrogen-bond acceptors (Lipinski definition) is 3. The third-order valence-electron chi connectivity index (χ3n) is 6.87. The summed E-state index contributed by atoms with van der Waals surface area (Å²) in [5.74, 6) is -0.491. The molecule has 4 rings (SSSR count). The zero-order chi connectivity index (χ0) is 23.6. The Balaban J connectivity index is 1.47. The van der Waals surface area contributed by atoms with Gasteiger partial charge in [0, 0.05) is 32.0 Å². The van der Waals surface area contributed by atoms with E-state index in [-0.39, 0.29) is 23.8 Å². The van der Waals surface area contributed by atoms with E-state index >= 15 is 0 Å². The zero-order valence-electron chi connectivity index (χ0n) is 18.6. The fourth-order valence-electron chi connectivity index (χ4n) is 5.10. The molecule has 1 N–H and O–H groups in total. The SMILES string of the molecule is CN(C(=O)CCc1ccccc1C(F)(F)F)C(=O)N1Cc2ccccc2C2(CCNCC2)C1. The van der Waals surface area contributed by atoms with Crippen LogP contribution in [0.5, 0.6) is 0 Å². The molecule has 2 aliphatic rings. The van der Waals surface area contributed by atoms with Crippen LogP contribution in [0.2, 0.25) is 0 Å². The third kappa shape index (κ3) is 4.76. The number of piperidine rings is 1. The van der Waals surface area contributed by atoms with Gasteiger partial charge in [-0.2, -0.15) is 13.2 Å². The summed E-state index contributed by atoms with van der Waals surface area (Å²) < 4.78 is 39.7. The summed E-state index contributed by atoms with van der Waals surface area (Å²) in [6, 6.07) is 13.0. The van der Waals surface area contributed by atoms with Gasteiger partial charge in [0.05, 0.1) is 5.56 Å². The summed E-state index contributed by atoms with van der Waals surface area (Å²) in [6.45, 7) is 2.67. The van der Waals surface area contributed by atoms with E-state index in [4.69, 9.17) is 0 Å². The Kier molecular flexibility index (Phi) is 6.47. The number of hydrogen-bond donors (Lipinski definition) is 1. The first-order valence-electron chi connectivity index (χ1n) is 11.2. The number of alkyl halides is 3. The van der Waals surface area contributed by atoms with Crippen molar-refractivity contribution in [3.63, 3.8) is 0 Å². The molecule has 2 aromatic rings. The minimum absolute atomic E-state index is 0.0553. The maximum atomic E-state index is 13.2. The highest BCUT2D eigenvalue weighted by Gasteiger charge is 2.42. The molecule has 5 nitrogen and oxygen atoms in total. The van der Waals surface area contributed by atoms with E-state index < -0.39 is 23.7 Å². The van der Waals surface area contributed by atoms with Gasteiger partial charge in [-0.15, -0.1) is 0 Å². The van der Waals surface area contributed by atoms with Crippen molar-refractivity contribution in [3.05, 3.63) is 70.8 Å². The lowest BCUT2D eigenvalue weighted by Gasteiger charge is -2.47. The normalized spacial score (nSPS) is 17.5. The van der Waals surface area contributed by atoms with E-state index in [1.54, 1.807) is 4.90 Å². The van der Waals surface area contributed by atoms with E-state index in [0.717, 1.165) is 42.5 Å². The van der Waals surface area contributed by atoms with Crippen LogP contribution in [0.1, 0.15) is 41.5 Å². The second-order valence-electron chi connectivity index (χ2n) is 8.93. The van der Waals surface area contributed by atoms with Gasteiger partial charge < -0.3 is 10.2 Å². The molecule has 1 saturated heterocycles. The van der Waals surface area contributed by atoms with Crippen LogP contribution in [-0.2, 0) is 29.4 Å². The van der Waals surface area contributed by atoms with Crippen LogP contribution in [0.4, 0.5) is 18.0 Å². The number of aryl methyl sites for hydroxylation is 1. The van der Waals surface area contributed by atoms with Crippen molar-refractivity contribution in [2.24, 2.45) is 0 Å². The molecule has 0 atom stereocenters. The predicted molar refractivity (Wildman–Crippen MR) is 119 cm³/mol. The van der Waals surface area contributed by atoms with E-state index in [2.05, 4.69) is 11.4 Å². The average molecular weight is 460 g/mol. The molecule has 1 fully saturated rings. The summed E-state index contributed by atoms with van der Waals surface area (Å²) in [4.78, 5) is 28.8. The van der Waals surface area contributed by atoms with E-state index in [0.29, 0.717) is 13.1 Å². The summed E-state index contributed by atoms with van der Waals surface area (Å²) in [5.41, 5.74) is 1.52. The molecule has 33 heavy (non-hydrogen) atoms. The highest BCUT2D eigenvalue weighted by Crippen LogP contribution is 2.40. The van der Waals surface area contributed by atoms with Gasteiger partial charge in [-0.3, -0.25) is 9.69 Å². The Morgan fingerprint density at radius 1 is 1.06 bits per heavy atom. The van der Waals surface area contributed by atoms with Crippen molar-refractivity contribution in [2.45, 2.75) is 43.8 Å². The number of carbonyl (C=O) groups excluding carboxylic acids is 2. The Bertz CT molecular complexity index is 1030. The maximum Gasteiger partial charge on any atom is 0.416 e. The number of urea groups is 1. The van der Waals surface area contributed by atoms with Gasteiger partial charge in [0.25, 0.3) is 0 Å². The van der Waals surface area contributed by atoms with Crippen LogP contribution in [0.15, 0.2) is 48.5 Å². The monoisotopic (exact) mass is 459 g/mol. The van der Waals surface area contributed by atoms with Crippen molar-refractivity contribution in [2.75, 3.05) is 26.7 Å². The third-order valence-corrected chi connectivity index (χ3v) is 6.87. The molecule has 2 aliphatic heterocycles. The molecule has 176 valence electrons. The number of carbonyl (C=O) groups is 2. The minimum Gasteiger partial charge on any atom is -0.319 e. The van der Waals surface area contributed by atoms with Gasteiger partial charge in [0.15, 0.2) is 0 Å². The predicted octanol–water partition coefficient (Wildman–Crippen LogP) is 4.35. The standard InChI is InChI=1S/C25H28F3N3O2/c1-30(22(32)11-10-18-6-2-5-9-21(18)25(26,27)28)23(33)31-16-19-7-3-4-8-20(19)24(17-31)12-14-29-15-13-24/h2-9,29H,10-17H2,1H3. The number of benzene rings is 2. The number of amides is 3. The van der Waals surface area contributed by atoms with Crippen molar-refractivity contribution in [1.29, 1.82) is 0 Å². The first-order valence-corrected chi connectivity index (χ1v) is 11.2. The lowest BCUT2D eigenvalue weighted by atomic mass is 9.69. The lowest BCUT2D eigenvalue weighted by molar-refractivity contribution is -0.138. The molecule has 0 unspecified atom stereocenters. The largest absolute Gasteiger partial charge is 0.416 e. The molecule has 1 spiro atoms. The van der Waals surface area contributed by atoms with Crippen LogP contribution in [0.25, 0.3) is 0 Å². The fraction of sp³-hybridized carbons (Fsp3) is 0.440. The Morgan fingerprint density at radius 2 is 1.73 bits per heavy atom. The molecular formula is C25H28F3N3O2. The van der Waals surface area contributed by atoms with E-state index in [1.165, 1.54) is 30.8 Å². The Hall–Kier alpha value is -2.87. The molecule has 0 saturated carbocycles. The van der Waals surface area contributed by atoms with Crippen molar-refractivity contribution in [1.82, 2.24) is 15.1 Å². The van der Waals surface area contributed by atoms with Crippen LogP contribution < -0.4 is 5.32 Å². The van der Waals surface area contributed by atoms with Crippen LogP contribution >= 0.6 is 0 Å². The number of rotatable bonds is 3. The van der Waals surface area contributed by atoms with Crippen molar-refractivity contribution in [3.8, 4) is 0 Å². The molecule has 0 bridgehead atoms. The number of nitrogens with zero attached hydrogens (tertiary/aromatic N) is 2. The first-order chi connectivity index (χ1) is 15.7. The van der Waals surface area contributed by atoms with Gasteiger partial charge in [0.1, 0.15) is 0 Å². The maximum absolute atomic E-state index is 13.2. The lowest BCUT2D eigenvalue weighted by Crippen LogP contribution is -2.55. The van der Waals surface area contributed by atoms with E-state index in [9.17, 15) is 22.8 Å². The fourth-order valence-corrected chi connectivity index (χ4v) is 5.10. The average Bonchev–Trinajstić information content (AvgIpc) is 2.81. The second-order valence-corrected chi connectivity index (χ2v) is 8.93. The molecule has 0 aliphatic carbocycles. The van der Waals surface area contributed by atoms with Gasteiger partial charge in [-0.25, -0.2) is 4.79 Å². The molecule has 8 heteroatoms. The van der Waals surface area contributed by atoms with Crippen LogP contribution in [0.3, 0.4) is 0 Å². The number of halogens is 3. The molecule has 3 amide bonds. The number of fused-ring (bicyclic) bond motifs is 2. The summed E-state index contributed by atoms with van der Waals surface area (Å²) in [6.07, 6.45) is -2.93. The first kappa shape index (κ1) is 23.3. The highest BCUT2D eigenvalue weighted by atomic mass is 19.4. The summed E-state index contributed by atoms with van der Waals surface area (Å²) >= 11 is 0. The van der Waals surface area contributed by atoms with Crippen molar-refractivity contribution >= 4 is 11.9 Å². The van der Waals surface area contributed by atoms with E-state index in [1.807, 2.05) is 18.2 Å². The highest BCUT2D eigenvalue weighted by molar-refractivity contribution is 5.94. The second kappa shape index (κ2) is 9.17. The molecule has 0 aromatic heterocycles.